The molecule has 0 amide bonds. The fourth-order valence-electron chi connectivity index (χ4n) is 3.01. The molecule has 100 valence electrons. The van der Waals surface area contributed by atoms with Crippen molar-refractivity contribution in [2.24, 2.45) is 5.92 Å². The van der Waals surface area contributed by atoms with Crippen LogP contribution in [0.3, 0.4) is 0 Å². The largest absolute Gasteiger partial charge is 0.372 e. The first-order valence-corrected chi connectivity index (χ1v) is 7.51. The molecule has 0 bridgehead atoms. The van der Waals surface area contributed by atoms with E-state index in [0.29, 0.717) is 5.92 Å². The first-order valence-electron chi connectivity index (χ1n) is 7.51. The van der Waals surface area contributed by atoms with Gasteiger partial charge in [-0.1, -0.05) is 32.9 Å². The highest BCUT2D eigenvalue weighted by atomic mass is 15.1. The molecule has 1 saturated heterocycles. The Labute approximate surface area is 112 Å². The molecule has 0 spiro atoms. The normalized spacial score (nSPS) is 18.1. The molecule has 0 aliphatic carbocycles. The van der Waals surface area contributed by atoms with Crippen molar-refractivity contribution in [1.82, 2.24) is 0 Å². The van der Waals surface area contributed by atoms with Crippen LogP contribution in [0.4, 0.5) is 5.69 Å². The molecule has 0 radical (unpaired) electrons. The Bertz CT molecular complexity index is 346. The van der Waals surface area contributed by atoms with Gasteiger partial charge in [0, 0.05) is 18.8 Å². The third-order valence-corrected chi connectivity index (χ3v) is 4.01. The van der Waals surface area contributed by atoms with Gasteiger partial charge in [0.15, 0.2) is 0 Å². The second kappa shape index (κ2) is 6.26. The lowest BCUT2D eigenvalue weighted by atomic mass is 9.92. The molecule has 1 aromatic rings. The number of hydrogen-bond acceptors (Lipinski definition) is 1. The Morgan fingerprint density at radius 2 is 1.56 bits per heavy atom. The molecule has 0 N–H and O–H groups in total. The van der Waals surface area contributed by atoms with Crippen LogP contribution < -0.4 is 4.90 Å². The summed E-state index contributed by atoms with van der Waals surface area (Å²) in [5.74, 6) is 1.46. The molecule has 1 aromatic carbocycles. The van der Waals surface area contributed by atoms with E-state index in [2.05, 4.69) is 49.9 Å². The van der Waals surface area contributed by atoms with E-state index in [1.54, 1.807) is 0 Å². The topological polar surface area (TPSA) is 3.24 Å². The van der Waals surface area contributed by atoms with Crippen LogP contribution in [0.5, 0.6) is 0 Å². The van der Waals surface area contributed by atoms with Crippen molar-refractivity contribution in [3.63, 3.8) is 0 Å². The summed E-state index contributed by atoms with van der Waals surface area (Å²) in [5.41, 5.74) is 2.90. The standard InChI is InChI=1S/C17H27N/c1-14(2)13-15(3)16-7-9-17(10-8-16)18-11-5-4-6-12-18/h7-10,14-15H,4-6,11-13H2,1-3H3. The molecule has 1 heteroatoms. The van der Waals surface area contributed by atoms with E-state index < -0.39 is 0 Å². The van der Waals surface area contributed by atoms with E-state index >= 15 is 0 Å². The summed E-state index contributed by atoms with van der Waals surface area (Å²) >= 11 is 0. The Hall–Kier alpha value is -0.980. The Morgan fingerprint density at radius 1 is 0.944 bits per heavy atom. The molecular formula is C17H27N. The summed E-state index contributed by atoms with van der Waals surface area (Å²) in [6.07, 6.45) is 5.39. The second-order valence-electron chi connectivity index (χ2n) is 6.17. The summed E-state index contributed by atoms with van der Waals surface area (Å²) in [6.45, 7) is 9.43. The second-order valence-corrected chi connectivity index (χ2v) is 6.17. The summed E-state index contributed by atoms with van der Waals surface area (Å²) < 4.78 is 0. The van der Waals surface area contributed by atoms with Crippen molar-refractivity contribution in [2.45, 2.75) is 52.4 Å². The SMILES string of the molecule is CC(C)CC(C)c1ccc(N2CCCCC2)cc1. The molecule has 1 atom stereocenters. The molecule has 1 aliphatic heterocycles. The van der Waals surface area contributed by atoms with Crippen LogP contribution in [0, 0.1) is 5.92 Å². The average molecular weight is 245 g/mol. The monoisotopic (exact) mass is 245 g/mol. The minimum Gasteiger partial charge on any atom is -0.372 e. The highest BCUT2D eigenvalue weighted by Gasteiger charge is 2.12. The van der Waals surface area contributed by atoms with E-state index in [1.165, 1.54) is 50.0 Å². The molecule has 1 heterocycles. The van der Waals surface area contributed by atoms with Crippen LogP contribution in [0.2, 0.25) is 0 Å². The summed E-state index contributed by atoms with van der Waals surface area (Å²) in [7, 11) is 0. The molecule has 1 nitrogen and oxygen atoms in total. The quantitative estimate of drug-likeness (QED) is 0.734. The van der Waals surface area contributed by atoms with Crippen LogP contribution in [-0.4, -0.2) is 13.1 Å². The fraction of sp³-hybridized carbons (Fsp3) is 0.647. The number of anilines is 1. The first kappa shape index (κ1) is 13.5. The maximum Gasteiger partial charge on any atom is 0.0366 e. The van der Waals surface area contributed by atoms with Crippen LogP contribution in [0.1, 0.15) is 57.9 Å². The number of piperidine rings is 1. The van der Waals surface area contributed by atoms with Crippen molar-refractivity contribution in [3.05, 3.63) is 29.8 Å². The van der Waals surface area contributed by atoms with Crippen molar-refractivity contribution >= 4 is 5.69 Å². The van der Waals surface area contributed by atoms with Gasteiger partial charge < -0.3 is 4.90 Å². The lowest BCUT2D eigenvalue weighted by Gasteiger charge is -2.29. The third kappa shape index (κ3) is 3.51. The predicted molar refractivity (Wildman–Crippen MR) is 80.4 cm³/mol. The predicted octanol–water partition coefficient (Wildman–Crippen LogP) is 4.83. The summed E-state index contributed by atoms with van der Waals surface area (Å²) in [4.78, 5) is 2.53. The van der Waals surface area contributed by atoms with Gasteiger partial charge in [-0.3, -0.25) is 0 Å². The molecule has 1 aliphatic rings. The van der Waals surface area contributed by atoms with Crippen LogP contribution in [-0.2, 0) is 0 Å². The van der Waals surface area contributed by atoms with Gasteiger partial charge in [0.2, 0.25) is 0 Å². The smallest absolute Gasteiger partial charge is 0.0366 e. The van der Waals surface area contributed by atoms with Crippen LogP contribution in [0.15, 0.2) is 24.3 Å². The van der Waals surface area contributed by atoms with Gasteiger partial charge in [0.1, 0.15) is 0 Å². The minimum atomic E-state index is 0.681. The van der Waals surface area contributed by atoms with Gasteiger partial charge in [-0.05, 0) is 55.2 Å². The van der Waals surface area contributed by atoms with E-state index in [1.807, 2.05) is 0 Å². The Morgan fingerprint density at radius 3 is 2.11 bits per heavy atom. The van der Waals surface area contributed by atoms with E-state index in [9.17, 15) is 0 Å². The van der Waals surface area contributed by atoms with E-state index in [0.717, 1.165) is 5.92 Å². The summed E-state index contributed by atoms with van der Waals surface area (Å²) in [5, 5.41) is 0. The van der Waals surface area contributed by atoms with Gasteiger partial charge in [0.25, 0.3) is 0 Å². The van der Waals surface area contributed by atoms with Gasteiger partial charge in [0.05, 0.1) is 0 Å². The van der Waals surface area contributed by atoms with Crippen molar-refractivity contribution < 1.29 is 0 Å². The van der Waals surface area contributed by atoms with Crippen molar-refractivity contribution in [1.29, 1.82) is 0 Å². The van der Waals surface area contributed by atoms with E-state index in [4.69, 9.17) is 0 Å². The number of benzene rings is 1. The van der Waals surface area contributed by atoms with Crippen molar-refractivity contribution in [2.75, 3.05) is 18.0 Å². The van der Waals surface area contributed by atoms with E-state index in [-0.39, 0.29) is 0 Å². The zero-order chi connectivity index (χ0) is 13.0. The molecule has 2 rings (SSSR count). The number of hydrogen-bond donors (Lipinski definition) is 0. The minimum absolute atomic E-state index is 0.681. The molecular weight excluding hydrogens is 218 g/mol. The van der Waals surface area contributed by atoms with Crippen molar-refractivity contribution in [3.8, 4) is 0 Å². The lowest BCUT2D eigenvalue weighted by molar-refractivity contribution is 0.523. The maximum absolute atomic E-state index is 2.53. The molecule has 0 saturated carbocycles. The van der Waals surface area contributed by atoms with Gasteiger partial charge >= 0.3 is 0 Å². The third-order valence-electron chi connectivity index (χ3n) is 4.01. The molecule has 1 unspecified atom stereocenters. The van der Waals surface area contributed by atoms with Gasteiger partial charge in [-0.2, -0.15) is 0 Å². The van der Waals surface area contributed by atoms with Gasteiger partial charge in [-0.25, -0.2) is 0 Å². The lowest BCUT2D eigenvalue weighted by Crippen LogP contribution is -2.29. The molecule has 0 aromatic heterocycles. The highest BCUT2D eigenvalue weighted by molar-refractivity contribution is 5.48. The average Bonchev–Trinajstić information content (AvgIpc) is 2.39. The maximum atomic E-state index is 2.53. The van der Waals surface area contributed by atoms with Crippen LogP contribution in [0.25, 0.3) is 0 Å². The van der Waals surface area contributed by atoms with Crippen LogP contribution >= 0.6 is 0 Å². The zero-order valence-corrected chi connectivity index (χ0v) is 12.2. The van der Waals surface area contributed by atoms with Gasteiger partial charge in [-0.15, -0.1) is 0 Å². The number of nitrogens with zero attached hydrogens (tertiary/aromatic N) is 1. The Balaban J connectivity index is 2.00. The zero-order valence-electron chi connectivity index (χ0n) is 12.2. The highest BCUT2D eigenvalue weighted by Crippen LogP contribution is 2.26. The number of rotatable bonds is 4. The fourth-order valence-corrected chi connectivity index (χ4v) is 3.01. The Kier molecular flexibility index (Phi) is 4.68. The molecule has 1 fully saturated rings. The molecule has 18 heavy (non-hydrogen) atoms. The summed E-state index contributed by atoms with van der Waals surface area (Å²) in [6, 6.07) is 9.29. The first-order chi connectivity index (χ1) is 8.66.